The van der Waals surface area contributed by atoms with Crippen molar-refractivity contribution < 1.29 is 18.0 Å². The smallest absolute Gasteiger partial charge is 0.341 e. The van der Waals surface area contributed by atoms with E-state index >= 15 is 0 Å². The van der Waals surface area contributed by atoms with Crippen molar-refractivity contribution in [2.45, 2.75) is 12.6 Å². The molecule has 2 rings (SSSR count). The van der Waals surface area contributed by atoms with Gasteiger partial charge in [0.2, 0.25) is 0 Å². The van der Waals surface area contributed by atoms with Crippen LogP contribution in [-0.2, 0) is 6.18 Å². The summed E-state index contributed by atoms with van der Waals surface area (Å²) in [4.78, 5) is 17.5. The number of rotatable bonds is 3. The molecule has 0 bridgehead atoms. The van der Waals surface area contributed by atoms with E-state index in [1.165, 1.54) is 30.1 Å². The molecule has 0 saturated carbocycles. The lowest BCUT2D eigenvalue weighted by molar-refractivity contribution is -0.138. The third-order valence-electron chi connectivity index (χ3n) is 3.26. The molecule has 0 saturated heterocycles. The molecule has 1 aromatic carbocycles. The maximum atomic E-state index is 13.0. The predicted octanol–water partition coefficient (Wildman–Crippen LogP) is 3.61. The maximum absolute atomic E-state index is 13.0. The first kappa shape index (κ1) is 17.5. The van der Waals surface area contributed by atoms with Crippen LogP contribution in [0.15, 0.2) is 48.7 Å². The first-order valence-electron chi connectivity index (χ1n) is 7.21. The van der Waals surface area contributed by atoms with Crippen molar-refractivity contribution >= 4 is 5.91 Å². The van der Waals surface area contributed by atoms with Gasteiger partial charge in [-0.15, -0.1) is 0 Å². The summed E-state index contributed by atoms with van der Waals surface area (Å²) in [5.74, 6) is 5.01. The van der Waals surface area contributed by atoms with E-state index < -0.39 is 17.6 Å². The second-order valence-corrected chi connectivity index (χ2v) is 5.04. The van der Waals surface area contributed by atoms with Crippen LogP contribution in [0.5, 0.6) is 0 Å². The summed E-state index contributed by atoms with van der Waals surface area (Å²) in [7, 11) is 1.46. The molecule has 0 aliphatic rings. The number of hydrogen-bond donors (Lipinski definition) is 0. The monoisotopic (exact) mass is 332 g/mol. The fourth-order valence-electron chi connectivity index (χ4n) is 2.04. The third-order valence-corrected chi connectivity index (χ3v) is 3.26. The first-order valence-corrected chi connectivity index (χ1v) is 7.21. The number of pyridine rings is 1. The molecular weight excluding hydrogens is 317 g/mol. The second kappa shape index (κ2) is 7.64. The molecule has 0 aliphatic heterocycles. The van der Waals surface area contributed by atoms with Crippen molar-refractivity contribution in [2.75, 3.05) is 13.6 Å². The van der Waals surface area contributed by atoms with Crippen LogP contribution in [0, 0.1) is 11.8 Å². The van der Waals surface area contributed by atoms with Crippen molar-refractivity contribution in [1.82, 2.24) is 9.88 Å². The summed E-state index contributed by atoms with van der Waals surface area (Å²) in [5, 5.41) is 0. The van der Waals surface area contributed by atoms with E-state index in [1.54, 1.807) is 24.4 Å². The number of halogens is 3. The van der Waals surface area contributed by atoms with Crippen LogP contribution in [0.25, 0.3) is 0 Å². The minimum atomic E-state index is -4.56. The Morgan fingerprint density at radius 2 is 1.88 bits per heavy atom. The molecule has 124 valence electrons. The Kier molecular flexibility index (Phi) is 5.59. The van der Waals surface area contributed by atoms with Crippen LogP contribution in [0.3, 0.4) is 0 Å². The van der Waals surface area contributed by atoms with E-state index in [1.807, 2.05) is 0 Å². The molecule has 0 spiro atoms. The van der Waals surface area contributed by atoms with Gasteiger partial charge >= 0.3 is 6.18 Å². The molecule has 6 heteroatoms. The van der Waals surface area contributed by atoms with Crippen LogP contribution >= 0.6 is 0 Å². The standard InChI is InChI=1S/C18H15F3N2O/c1-23(13-7-5-9-14-8-4-6-12-22-14)17(24)15-10-2-3-11-16(15)18(19,20)21/h2-4,6,8,10-12H,7,13H2,1H3. The summed E-state index contributed by atoms with van der Waals surface area (Å²) in [6, 6.07) is 10.1. The number of aromatic nitrogens is 1. The van der Waals surface area contributed by atoms with E-state index in [0.29, 0.717) is 12.1 Å². The van der Waals surface area contributed by atoms with Gasteiger partial charge in [0.1, 0.15) is 5.69 Å². The molecule has 0 radical (unpaired) electrons. The van der Waals surface area contributed by atoms with Gasteiger partial charge in [0.15, 0.2) is 0 Å². The molecule has 0 atom stereocenters. The highest BCUT2D eigenvalue weighted by Crippen LogP contribution is 2.32. The Morgan fingerprint density at radius 1 is 1.17 bits per heavy atom. The van der Waals surface area contributed by atoms with Crippen LogP contribution in [-0.4, -0.2) is 29.4 Å². The predicted molar refractivity (Wildman–Crippen MR) is 84.1 cm³/mol. The summed E-state index contributed by atoms with van der Waals surface area (Å²) < 4.78 is 38.9. The molecule has 0 unspecified atom stereocenters. The minimum Gasteiger partial charge on any atom is -0.341 e. The Hall–Kier alpha value is -2.81. The third kappa shape index (κ3) is 4.59. The molecule has 2 aromatic rings. The molecule has 0 fully saturated rings. The Labute approximate surface area is 138 Å². The summed E-state index contributed by atoms with van der Waals surface area (Å²) in [5.41, 5.74) is -0.680. The molecular formula is C18H15F3N2O. The maximum Gasteiger partial charge on any atom is 0.417 e. The average Bonchev–Trinajstić information content (AvgIpc) is 2.58. The zero-order valence-electron chi connectivity index (χ0n) is 13.0. The highest BCUT2D eigenvalue weighted by atomic mass is 19.4. The van der Waals surface area contributed by atoms with Gasteiger partial charge in [-0.2, -0.15) is 13.2 Å². The highest BCUT2D eigenvalue weighted by Gasteiger charge is 2.35. The Morgan fingerprint density at radius 3 is 2.54 bits per heavy atom. The van der Waals surface area contributed by atoms with Crippen LogP contribution < -0.4 is 0 Å². The largest absolute Gasteiger partial charge is 0.417 e. The summed E-state index contributed by atoms with van der Waals surface area (Å²) in [6.07, 6.45) is -2.60. The number of nitrogens with zero attached hydrogens (tertiary/aromatic N) is 2. The van der Waals surface area contributed by atoms with Gasteiger partial charge in [0.05, 0.1) is 11.1 Å². The molecule has 24 heavy (non-hydrogen) atoms. The fourth-order valence-corrected chi connectivity index (χ4v) is 2.04. The topological polar surface area (TPSA) is 33.2 Å². The van der Waals surface area contributed by atoms with Crippen LogP contribution in [0.4, 0.5) is 13.2 Å². The molecule has 3 nitrogen and oxygen atoms in total. The van der Waals surface area contributed by atoms with Crippen molar-refractivity contribution in [1.29, 1.82) is 0 Å². The number of hydrogen-bond acceptors (Lipinski definition) is 2. The van der Waals surface area contributed by atoms with Crippen LogP contribution in [0.1, 0.15) is 28.0 Å². The normalized spacial score (nSPS) is 10.7. The Balaban J connectivity index is 2.02. The van der Waals surface area contributed by atoms with Crippen molar-refractivity contribution in [2.24, 2.45) is 0 Å². The second-order valence-electron chi connectivity index (χ2n) is 5.04. The van der Waals surface area contributed by atoms with Crippen molar-refractivity contribution in [3.05, 3.63) is 65.5 Å². The number of carbonyl (C=O) groups excluding carboxylic acids is 1. The van der Waals surface area contributed by atoms with E-state index in [-0.39, 0.29) is 12.1 Å². The zero-order valence-corrected chi connectivity index (χ0v) is 13.0. The van der Waals surface area contributed by atoms with Gasteiger partial charge in [-0.25, -0.2) is 4.98 Å². The lowest BCUT2D eigenvalue weighted by Crippen LogP contribution is -2.29. The molecule has 1 heterocycles. The molecule has 0 N–H and O–H groups in total. The zero-order chi connectivity index (χ0) is 17.6. The number of benzene rings is 1. The van der Waals surface area contributed by atoms with E-state index in [9.17, 15) is 18.0 Å². The van der Waals surface area contributed by atoms with E-state index in [2.05, 4.69) is 16.8 Å². The number of carbonyl (C=O) groups is 1. The average molecular weight is 332 g/mol. The van der Waals surface area contributed by atoms with Gasteiger partial charge in [0, 0.05) is 26.2 Å². The van der Waals surface area contributed by atoms with Crippen molar-refractivity contribution in [3.8, 4) is 11.8 Å². The SMILES string of the molecule is CN(CCC#Cc1ccccn1)C(=O)c1ccccc1C(F)(F)F. The lowest BCUT2D eigenvalue weighted by Gasteiger charge is -2.19. The number of amides is 1. The van der Waals surface area contributed by atoms with Gasteiger partial charge in [-0.05, 0) is 30.2 Å². The van der Waals surface area contributed by atoms with Crippen LogP contribution in [0.2, 0.25) is 0 Å². The fraction of sp³-hybridized carbons (Fsp3) is 0.222. The number of alkyl halides is 3. The van der Waals surface area contributed by atoms with Crippen molar-refractivity contribution in [3.63, 3.8) is 0 Å². The quantitative estimate of drug-likeness (QED) is 0.805. The first-order chi connectivity index (χ1) is 11.4. The van der Waals surface area contributed by atoms with Gasteiger partial charge in [0.25, 0.3) is 5.91 Å². The Bertz CT molecular complexity index is 761. The van der Waals surface area contributed by atoms with Gasteiger partial charge in [-0.1, -0.05) is 24.1 Å². The molecule has 1 aromatic heterocycles. The molecule has 1 amide bonds. The summed E-state index contributed by atoms with van der Waals surface area (Å²) in [6.45, 7) is 0.227. The highest BCUT2D eigenvalue weighted by molar-refractivity contribution is 5.95. The van der Waals surface area contributed by atoms with Gasteiger partial charge in [-0.3, -0.25) is 4.79 Å². The summed E-state index contributed by atoms with van der Waals surface area (Å²) >= 11 is 0. The lowest BCUT2D eigenvalue weighted by atomic mass is 10.1. The van der Waals surface area contributed by atoms with E-state index in [4.69, 9.17) is 0 Å². The minimum absolute atomic E-state index is 0.227. The molecule has 0 aliphatic carbocycles. The van der Waals surface area contributed by atoms with E-state index in [0.717, 1.165) is 6.07 Å². The van der Waals surface area contributed by atoms with Gasteiger partial charge < -0.3 is 4.90 Å².